The first-order valence-electron chi connectivity index (χ1n) is 6.44. The lowest BCUT2D eigenvalue weighted by molar-refractivity contribution is 0.0952. The van der Waals surface area contributed by atoms with Gasteiger partial charge in [0.05, 0.1) is 5.56 Å². The lowest BCUT2D eigenvalue weighted by Gasteiger charge is -2.07. The smallest absolute Gasteiger partial charge is 0.252 e. The predicted octanol–water partition coefficient (Wildman–Crippen LogP) is 4.57. The third kappa shape index (κ3) is 4.46. The molecule has 2 rings (SSSR count). The van der Waals surface area contributed by atoms with E-state index in [-0.39, 0.29) is 5.91 Å². The van der Waals surface area contributed by atoms with Gasteiger partial charge in [0, 0.05) is 15.5 Å². The van der Waals surface area contributed by atoms with E-state index in [2.05, 4.69) is 49.3 Å². The molecule has 0 atom stereocenters. The van der Waals surface area contributed by atoms with Crippen LogP contribution in [0, 0.1) is 0 Å². The molecule has 1 amide bonds. The van der Waals surface area contributed by atoms with Crippen LogP contribution in [0.25, 0.3) is 0 Å². The molecule has 2 aromatic carbocycles. The van der Waals surface area contributed by atoms with Crippen LogP contribution in [0.3, 0.4) is 0 Å². The number of nitrogens with one attached hydrogen (secondary N) is 1. The second-order valence-corrected chi connectivity index (χ2v) is 6.24. The fraction of sp³-hybridized carbons (Fsp3) is 0.188. The van der Waals surface area contributed by atoms with Gasteiger partial charge in [-0.15, -0.1) is 0 Å². The van der Waals surface area contributed by atoms with Crippen LogP contribution < -0.4 is 5.32 Å². The van der Waals surface area contributed by atoms with E-state index in [1.54, 1.807) is 0 Å². The number of carbonyl (C=O) groups excluding carboxylic acids is 1. The van der Waals surface area contributed by atoms with Gasteiger partial charge in [-0.25, -0.2) is 0 Å². The minimum Gasteiger partial charge on any atom is -0.352 e. The van der Waals surface area contributed by atoms with Crippen molar-refractivity contribution in [3.63, 3.8) is 0 Å². The summed E-state index contributed by atoms with van der Waals surface area (Å²) in [7, 11) is 0. The number of amides is 1. The number of hydrogen-bond acceptors (Lipinski definition) is 1. The van der Waals surface area contributed by atoms with E-state index < -0.39 is 0 Å². The predicted molar refractivity (Wildman–Crippen MR) is 88.9 cm³/mol. The Morgan fingerprint density at radius 3 is 2.55 bits per heavy atom. The van der Waals surface area contributed by atoms with Crippen molar-refractivity contribution in [2.45, 2.75) is 12.8 Å². The molecule has 4 heteroatoms. The Morgan fingerprint density at radius 1 is 1.05 bits per heavy atom. The molecule has 0 aliphatic heterocycles. The number of halogens is 2. The molecule has 0 radical (unpaired) electrons. The van der Waals surface area contributed by atoms with Gasteiger partial charge < -0.3 is 5.32 Å². The van der Waals surface area contributed by atoms with Crippen LogP contribution in [-0.4, -0.2) is 12.5 Å². The Labute approximate surface area is 135 Å². The molecule has 0 aliphatic rings. The first-order chi connectivity index (χ1) is 9.66. The fourth-order valence-electron chi connectivity index (χ4n) is 1.91. The standard InChI is InChI=1S/C16H15Br2NO/c17-13-8-9-15(18)14(11-13)16(20)19-10-4-7-12-5-2-1-3-6-12/h1-3,5-6,8-9,11H,4,7,10H2,(H,19,20). The summed E-state index contributed by atoms with van der Waals surface area (Å²) in [5.41, 5.74) is 1.95. The van der Waals surface area contributed by atoms with E-state index >= 15 is 0 Å². The Morgan fingerprint density at radius 2 is 1.80 bits per heavy atom. The van der Waals surface area contributed by atoms with Crippen molar-refractivity contribution in [2.75, 3.05) is 6.54 Å². The van der Waals surface area contributed by atoms with E-state index in [0.717, 1.165) is 21.8 Å². The molecule has 0 bridgehead atoms. The average Bonchev–Trinajstić information content (AvgIpc) is 2.47. The molecule has 0 unspecified atom stereocenters. The van der Waals surface area contributed by atoms with Crippen LogP contribution in [0.15, 0.2) is 57.5 Å². The molecule has 0 saturated carbocycles. The second kappa shape index (κ2) is 7.60. The molecular weight excluding hydrogens is 382 g/mol. The zero-order chi connectivity index (χ0) is 14.4. The molecule has 1 N–H and O–H groups in total. The lowest BCUT2D eigenvalue weighted by Crippen LogP contribution is -2.25. The lowest BCUT2D eigenvalue weighted by atomic mass is 10.1. The van der Waals surface area contributed by atoms with Crippen molar-refractivity contribution >= 4 is 37.8 Å². The van der Waals surface area contributed by atoms with Crippen LogP contribution in [0.4, 0.5) is 0 Å². The van der Waals surface area contributed by atoms with Gasteiger partial charge in [-0.1, -0.05) is 46.3 Å². The highest BCUT2D eigenvalue weighted by molar-refractivity contribution is 9.11. The van der Waals surface area contributed by atoms with Crippen molar-refractivity contribution in [2.24, 2.45) is 0 Å². The quantitative estimate of drug-likeness (QED) is 0.736. The van der Waals surface area contributed by atoms with E-state index in [0.29, 0.717) is 12.1 Å². The Bertz CT molecular complexity index is 584. The highest BCUT2D eigenvalue weighted by atomic mass is 79.9. The summed E-state index contributed by atoms with van der Waals surface area (Å²) in [6.45, 7) is 0.673. The molecule has 0 aliphatic carbocycles. The Kier molecular flexibility index (Phi) is 5.80. The molecule has 104 valence electrons. The van der Waals surface area contributed by atoms with Crippen LogP contribution in [-0.2, 0) is 6.42 Å². The number of benzene rings is 2. The highest BCUT2D eigenvalue weighted by Crippen LogP contribution is 2.21. The van der Waals surface area contributed by atoms with Crippen molar-refractivity contribution in [1.29, 1.82) is 0 Å². The van der Waals surface area contributed by atoms with Crippen molar-refractivity contribution in [3.05, 3.63) is 68.6 Å². The minimum absolute atomic E-state index is 0.0498. The maximum Gasteiger partial charge on any atom is 0.252 e. The molecule has 0 aromatic heterocycles. The SMILES string of the molecule is O=C(NCCCc1ccccc1)c1cc(Br)ccc1Br. The minimum atomic E-state index is -0.0498. The summed E-state index contributed by atoms with van der Waals surface area (Å²) >= 11 is 6.77. The van der Waals surface area contributed by atoms with E-state index in [1.165, 1.54) is 5.56 Å². The van der Waals surface area contributed by atoms with Crippen LogP contribution in [0.5, 0.6) is 0 Å². The van der Waals surface area contributed by atoms with Gasteiger partial charge in [-0.05, 0) is 52.5 Å². The molecule has 2 aromatic rings. The zero-order valence-corrected chi connectivity index (χ0v) is 14.1. The van der Waals surface area contributed by atoms with Crippen molar-refractivity contribution < 1.29 is 4.79 Å². The topological polar surface area (TPSA) is 29.1 Å². The summed E-state index contributed by atoms with van der Waals surface area (Å²) in [5.74, 6) is -0.0498. The summed E-state index contributed by atoms with van der Waals surface area (Å²) in [6.07, 6.45) is 1.90. The van der Waals surface area contributed by atoms with Gasteiger partial charge in [0.2, 0.25) is 0 Å². The van der Waals surface area contributed by atoms with E-state index in [1.807, 2.05) is 36.4 Å². The summed E-state index contributed by atoms with van der Waals surface area (Å²) in [5, 5.41) is 2.95. The maximum atomic E-state index is 12.1. The zero-order valence-electron chi connectivity index (χ0n) is 10.9. The van der Waals surface area contributed by atoms with Gasteiger partial charge >= 0.3 is 0 Å². The first kappa shape index (κ1) is 15.3. The first-order valence-corrected chi connectivity index (χ1v) is 8.02. The van der Waals surface area contributed by atoms with E-state index in [4.69, 9.17) is 0 Å². The number of carbonyl (C=O) groups is 1. The van der Waals surface area contributed by atoms with Crippen molar-refractivity contribution in [3.8, 4) is 0 Å². The Hall–Kier alpha value is -1.13. The fourth-order valence-corrected chi connectivity index (χ4v) is 2.69. The Balaban J connectivity index is 1.82. The molecule has 20 heavy (non-hydrogen) atoms. The van der Waals surface area contributed by atoms with Gasteiger partial charge in [-0.3, -0.25) is 4.79 Å². The molecule has 0 heterocycles. The van der Waals surface area contributed by atoms with Crippen molar-refractivity contribution in [1.82, 2.24) is 5.32 Å². The van der Waals surface area contributed by atoms with Crippen LogP contribution in [0.1, 0.15) is 22.3 Å². The van der Waals surface area contributed by atoms with Crippen LogP contribution >= 0.6 is 31.9 Å². The number of rotatable bonds is 5. The molecule has 2 nitrogen and oxygen atoms in total. The summed E-state index contributed by atoms with van der Waals surface area (Å²) in [4.78, 5) is 12.1. The third-order valence-corrected chi connectivity index (χ3v) is 4.13. The monoisotopic (exact) mass is 395 g/mol. The molecule has 0 saturated heterocycles. The van der Waals surface area contributed by atoms with Gasteiger partial charge in [0.1, 0.15) is 0 Å². The van der Waals surface area contributed by atoms with Crippen LogP contribution in [0.2, 0.25) is 0 Å². The molecular formula is C16H15Br2NO. The number of hydrogen-bond donors (Lipinski definition) is 1. The van der Waals surface area contributed by atoms with Gasteiger partial charge in [0.15, 0.2) is 0 Å². The van der Waals surface area contributed by atoms with Gasteiger partial charge in [-0.2, -0.15) is 0 Å². The largest absolute Gasteiger partial charge is 0.352 e. The summed E-state index contributed by atoms with van der Waals surface area (Å²) in [6, 6.07) is 15.9. The maximum absolute atomic E-state index is 12.1. The number of aryl methyl sites for hydroxylation is 1. The second-order valence-electron chi connectivity index (χ2n) is 4.47. The molecule has 0 fully saturated rings. The summed E-state index contributed by atoms with van der Waals surface area (Å²) < 4.78 is 1.70. The normalized spacial score (nSPS) is 10.3. The third-order valence-electron chi connectivity index (χ3n) is 2.94. The van der Waals surface area contributed by atoms with E-state index in [9.17, 15) is 4.79 Å². The molecule has 0 spiro atoms. The average molecular weight is 397 g/mol. The van der Waals surface area contributed by atoms with Gasteiger partial charge in [0.25, 0.3) is 5.91 Å². The highest BCUT2D eigenvalue weighted by Gasteiger charge is 2.09.